The largest absolute Gasteiger partial charge is 0.352 e. The number of carbonyl (C=O) groups excluding carboxylic acids is 1. The van der Waals surface area contributed by atoms with E-state index < -0.39 is 11.7 Å². The van der Waals surface area contributed by atoms with Crippen LogP contribution in [-0.2, 0) is 6.54 Å². The standard InChI is InChI=1S/C14H15ClFN3O/c1-10(9-19-7-3-6-18-19)8-17-14(20)11-4-2-5-12(15)13(11)16/h2-7,10H,8-9H2,1H3,(H,17,20). The van der Waals surface area contributed by atoms with Crippen LogP contribution in [0.3, 0.4) is 0 Å². The van der Waals surface area contributed by atoms with Crippen molar-refractivity contribution in [1.82, 2.24) is 15.1 Å². The molecule has 0 saturated heterocycles. The lowest BCUT2D eigenvalue weighted by Crippen LogP contribution is -2.30. The second-order valence-corrected chi connectivity index (χ2v) is 5.05. The zero-order valence-corrected chi connectivity index (χ0v) is 11.8. The maximum atomic E-state index is 13.7. The molecule has 6 heteroatoms. The molecule has 0 bridgehead atoms. The molecule has 1 N–H and O–H groups in total. The van der Waals surface area contributed by atoms with Crippen LogP contribution >= 0.6 is 11.6 Å². The maximum absolute atomic E-state index is 13.7. The lowest BCUT2D eigenvalue weighted by molar-refractivity contribution is 0.0942. The highest BCUT2D eigenvalue weighted by atomic mass is 35.5. The average molecular weight is 296 g/mol. The van der Waals surface area contributed by atoms with Crippen molar-refractivity contribution in [1.29, 1.82) is 0 Å². The number of halogens is 2. The van der Waals surface area contributed by atoms with Crippen molar-refractivity contribution < 1.29 is 9.18 Å². The SMILES string of the molecule is CC(CNC(=O)c1cccc(Cl)c1F)Cn1cccn1. The Morgan fingerprint density at radius 3 is 3.00 bits per heavy atom. The van der Waals surface area contributed by atoms with E-state index in [4.69, 9.17) is 11.6 Å². The van der Waals surface area contributed by atoms with Gasteiger partial charge in [-0.3, -0.25) is 9.48 Å². The molecule has 1 aromatic heterocycles. The Labute approximate surface area is 121 Å². The molecular weight excluding hydrogens is 281 g/mol. The summed E-state index contributed by atoms with van der Waals surface area (Å²) in [6.07, 6.45) is 3.56. The molecule has 106 valence electrons. The van der Waals surface area contributed by atoms with E-state index >= 15 is 0 Å². The van der Waals surface area contributed by atoms with Gasteiger partial charge in [0.15, 0.2) is 5.82 Å². The lowest BCUT2D eigenvalue weighted by atomic mass is 10.1. The number of nitrogens with one attached hydrogen (secondary N) is 1. The van der Waals surface area contributed by atoms with Crippen molar-refractivity contribution in [2.24, 2.45) is 5.92 Å². The van der Waals surface area contributed by atoms with Gasteiger partial charge in [-0.15, -0.1) is 0 Å². The molecule has 1 amide bonds. The first-order valence-electron chi connectivity index (χ1n) is 6.27. The second kappa shape index (κ2) is 6.52. The van der Waals surface area contributed by atoms with Crippen LogP contribution in [0.4, 0.5) is 4.39 Å². The Kier molecular flexibility index (Phi) is 4.74. The number of carbonyl (C=O) groups is 1. The number of rotatable bonds is 5. The highest BCUT2D eigenvalue weighted by Crippen LogP contribution is 2.17. The van der Waals surface area contributed by atoms with Crippen LogP contribution in [0.2, 0.25) is 5.02 Å². The van der Waals surface area contributed by atoms with E-state index in [1.807, 2.05) is 19.2 Å². The van der Waals surface area contributed by atoms with Crippen molar-refractivity contribution in [2.75, 3.05) is 6.54 Å². The fraction of sp³-hybridized carbons (Fsp3) is 0.286. The van der Waals surface area contributed by atoms with Crippen molar-refractivity contribution >= 4 is 17.5 Å². The van der Waals surface area contributed by atoms with Crippen LogP contribution in [0.25, 0.3) is 0 Å². The molecule has 0 aliphatic rings. The third kappa shape index (κ3) is 3.57. The molecule has 1 unspecified atom stereocenters. The Morgan fingerprint density at radius 2 is 2.30 bits per heavy atom. The first-order valence-corrected chi connectivity index (χ1v) is 6.65. The summed E-state index contributed by atoms with van der Waals surface area (Å²) in [5, 5.41) is 6.74. The van der Waals surface area contributed by atoms with E-state index in [2.05, 4.69) is 10.4 Å². The molecule has 4 nitrogen and oxygen atoms in total. The van der Waals surface area contributed by atoms with Crippen molar-refractivity contribution in [2.45, 2.75) is 13.5 Å². The normalized spacial score (nSPS) is 12.2. The number of benzene rings is 1. The predicted octanol–water partition coefficient (Wildman–Crippen LogP) is 2.74. The predicted molar refractivity (Wildman–Crippen MR) is 75.1 cm³/mol. The smallest absolute Gasteiger partial charge is 0.254 e. The van der Waals surface area contributed by atoms with Gasteiger partial charge in [-0.2, -0.15) is 5.10 Å². The van der Waals surface area contributed by atoms with Gasteiger partial charge in [0.25, 0.3) is 5.91 Å². The molecule has 2 aromatic rings. The van der Waals surface area contributed by atoms with Crippen LogP contribution in [0.5, 0.6) is 0 Å². The zero-order chi connectivity index (χ0) is 14.5. The first kappa shape index (κ1) is 14.5. The summed E-state index contributed by atoms with van der Waals surface area (Å²) in [6.45, 7) is 3.10. The van der Waals surface area contributed by atoms with Gasteiger partial charge in [0.2, 0.25) is 0 Å². The van der Waals surface area contributed by atoms with Crippen molar-refractivity contribution in [3.8, 4) is 0 Å². The van der Waals surface area contributed by atoms with Gasteiger partial charge in [0.1, 0.15) is 0 Å². The van der Waals surface area contributed by atoms with Gasteiger partial charge < -0.3 is 5.32 Å². The number of hydrogen-bond donors (Lipinski definition) is 1. The Balaban J connectivity index is 1.90. The molecule has 1 atom stereocenters. The van der Waals surface area contributed by atoms with Crippen molar-refractivity contribution in [3.63, 3.8) is 0 Å². The second-order valence-electron chi connectivity index (χ2n) is 4.64. The number of nitrogens with zero attached hydrogens (tertiary/aromatic N) is 2. The molecule has 1 heterocycles. The van der Waals surface area contributed by atoms with E-state index in [0.29, 0.717) is 13.1 Å². The van der Waals surface area contributed by atoms with Gasteiger partial charge in [0.05, 0.1) is 10.6 Å². The average Bonchev–Trinajstić information content (AvgIpc) is 2.92. The van der Waals surface area contributed by atoms with Gasteiger partial charge in [-0.1, -0.05) is 24.6 Å². The molecule has 0 spiro atoms. The Hall–Kier alpha value is -1.88. The van der Waals surface area contributed by atoms with Crippen LogP contribution in [0, 0.1) is 11.7 Å². The number of amides is 1. The molecular formula is C14H15ClFN3O. The minimum Gasteiger partial charge on any atom is -0.352 e. The van der Waals surface area contributed by atoms with E-state index in [-0.39, 0.29) is 16.5 Å². The highest BCUT2D eigenvalue weighted by Gasteiger charge is 2.14. The molecule has 0 aliphatic carbocycles. The van der Waals surface area contributed by atoms with Crippen LogP contribution < -0.4 is 5.32 Å². The third-order valence-corrected chi connectivity index (χ3v) is 3.16. The van der Waals surface area contributed by atoms with Gasteiger partial charge in [-0.05, 0) is 24.1 Å². The van der Waals surface area contributed by atoms with Crippen LogP contribution in [-0.4, -0.2) is 22.2 Å². The Bertz CT molecular complexity index is 586. The molecule has 20 heavy (non-hydrogen) atoms. The summed E-state index contributed by atoms with van der Waals surface area (Å²) in [6, 6.07) is 6.21. The highest BCUT2D eigenvalue weighted by molar-refractivity contribution is 6.31. The van der Waals surface area contributed by atoms with E-state index in [1.54, 1.807) is 16.9 Å². The van der Waals surface area contributed by atoms with E-state index in [9.17, 15) is 9.18 Å². The van der Waals surface area contributed by atoms with Crippen LogP contribution in [0.15, 0.2) is 36.7 Å². The molecule has 0 aliphatic heterocycles. The molecule has 0 radical (unpaired) electrons. The maximum Gasteiger partial charge on any atom is 0.254 e. The minimum atomic E-state index is -0.689. The summed E-state index contributed by atoms with van der Waals surface area (Å²) in [4.78, 5) is 11.9. The summed E-state index contributed by atoms with van der Waals surface area (Å²) in [5.41, 5.74) is -0.0382. The van der Waals surface area contributed by atoms with Crippen LogP contribution in [0.1, 0.15) is 17.3 Å². The first-order chi connectivity index (χ1) is 9.58. The van der Waals surface area contributed by atoms with Gasteiger partial charge >= 0.3 is 0 Å². The number of aromatic nitrogens is 2. The van der Waals surface area contributed by atoms with E-state index in [1.165, 1.54) is 12.1 Å². The minimum absolute atomic E-state index is 0.0382. The number of hydrogen-bond acceptors (Lipinski definition) is 2. The summed E-state index contributed by atoms with van der Waals surface area (Å²) in [5.74, 6) is -0.968. The summed E-state index contributed by atoms with van der Waals surface area (Å²) < 4.78 is 15.5. The Morgan fingerprint density at radius 1 is 1.50 bits per heavy atom. The topological polar surface area (TPSA) is 46.9 Å². The lowest BCUT2D eigenvalue weighted by Gasteiger charge is -2.13. The molecule has 1 aromatic carbocycles. The molecule has 0 saturated carbocycles. The molecule has 2 rings (SSSR count). The quantitative estimate of drug-likeness (QED) is 0.922. The van der Waals surface area contributed by atoms with Crippen molar-refractivity contribution in [3.05, 3.63) is 53.1 Å². The summed E-state index contributed by atoms with van der Waals surface area (Å²) >= 11 is 5.65. The monoisotopic (exact) mass is 295 g/mol. The summed E-state index contributed by atoms with van der Waals surface area (Å²) in [7, 11) is 0. The van der Waals surface area contributed by atoms with Gasteiger partial charge in [0, 0.05) is 25.5 Å². The molecule has 0 fully saturated rings. The fourth-order valence-corrected chi connectivity index (χ4v) is 2.01. The third-order valence-electron chi connectivity index (χ3n) is 2.87. The zero-order valence-electron chi connectivity index (χ0n) is 11.0. The fourth-order valence-electron chi connectivity index (χ4n) is 1.83. The van der Waals surface area contributed by atoms with E-state index in [0.717, 1.165) is 0 Å². The van der Waals surface area contributed by atoms with Gasteiger partial charge in [-0.25, -0.2) is 4.39 Å².